The summed E-state index contributed by atoms with van der Waals surface area (Å²) in [4.78, 5) is 10.3. The molecule has 0 amide bonds. The summed E-state index contributed by atoms with van der Waals surface area (Å²) in [7, 11) is 0. The Morgan fingerprint density at radius 3 is 1.94 bits per heavy atom. The molecule has 0 aliphatic heterocycles. The van der Waals surface area contributed by atoms with Crippen molar-refractivity contribution in [3.63, 3.8) is 0 Å². The quantitative estimate of drug-likeness (QED) is 0.677. The van der Waals surface area contributed by atoms with Crippen molar-refractivity contribution in [1.29, 1.82) is 0 Å². The molecule has 1 unspecified atom stereocenters. The number of alkyl halides is 3. The summed E-state index contributed by atoms with van der Waals surface area (Å²) in [6.45, 7) is 0. The maximum atomic E-state index is 12.8. The second-order valence-electron chi connectivity index (χ2n) is 3.49. The molecule has 0 aromatic heterocycles. The van der Waals surface area contributed by atoms with Crippen LogP contribution in [0.2, 0.25) is 0 Å². The molecule has 0 bridgehead atoms. The number of hydrogen-bond donors (Lipinski definition) is 1. The molecule has 0 heterocycles. The number of halogens is 6. The first-order valence-corrected chi connectivity index (χ1v) is 4.56. The Balaban J connectivity index is 3.26. The average molecular weight is 272 g/mol. The fourth-order valence-electron chi connectivity index (χ4n) is 1.37. The average Bonchev–Trinajstić information content (AvgIpc) is 2.20. The highest BCUT2D eigenvalue weighted by atomic mass is 19.4. The fraction of sp³-hybridized carbons (Fsp3) is 0.300. The minimum absolute atomic E-state index is 0.138. The van der Waals surface area contributed by atoms with Gasteiger partial charge in [-0.15, -0.1) is 0 Å². The molecular weight excluding hydrogens is 266 g/mol. The Kier molecular flexibility index (Phi) is 3.88. The Bertz CT molecular complexity index is 445. The van der Waals surface area contributed by atoms with E-state index in [0.717, 1.165) is 0 Å². The third-order valence-corrected chi connectivity index (χ3v) is 2.18. The van der Waals surface area contributed by atoms with Crippen LogP contribution in [0.15, 0.2) is 12.1 Å². The first-order chi connectivity index (χ1) is 8.12. The van der Waals surface area contributed by atoms with Crippen molar-refractivity contribution in [3.05, 3.63) is 35.1 Å². The van der Waals surface area contributed by atoms with Crippen molar-refractivity contribution < 1.29 is 36.2 Å². The van der Waals surface area contributed by atoms with Crippen LogP contribution in [-0.2, 0) is 4.79 Å². The zero-order valence-electron chi connectivity index (χ0n) is 8.56. The van der Waals surface area contributed by atoms with Crippen molar-refractivity contribution >= 4 is 5.97 Å². The van der Waals surface area contributed by atoms with Crippen LogP contribution >= 0.6 is 0 Å². The summed E-state index contributed by atoms with van der Waals surface area (Å²) in [6.07, 6.45) is -6.40. The van der Waals surface area contributed by atoms with Crippen LogP contribution in [0, 0.1) is 17.5 Å². The smallest absolute Gasteiger partial charge is 0.396 e. The van der Waals surface area contributed by atoms with Crippen LogP contribution in [0.3, 0.4) is 0 Å². The van der Waals surface area contributed by atoms with Gasteiger partial charge in [-0.25, -0.2) is 13.2 Å². The third-order valence-electron chi connectivity index (χ3n) is 2.18. The van der Waals surface area contributed by atoms with Crippen molar-refractivity contribution in [2.75, 3.05) is 0 Å². The molecule has 0 aliphatic carbocycles. The molecule has 18 heavy (non-hydrogen) atoms. The van der Waals surface area contributed by atoms with Gasteiger partial charge in [0.2, 0.25) is 0 Å². The Labute approximate surface area is 96.8 Å². The maximum absolute atomic E-state index is 12.8. The summed E-state index contributed by atoms with van der Waals surface area (Å²) in [5.41, 5.74) is -0.971. The second-order valence-corrected chi connectivity index (χ2v) is 3.49. The van der Waals surface area contributed by atoms with E-state index in [2.05, 4.69) is 0 Å². The number of benzene rings is 1. The summed E-state index contributed by atoms with van der Waals surface area (Å²) >= 11 is 0. The molecule has 1 atom stereocenters. The number of carboxylic acid groups (broad SMARTS) is 1. The molecule has 0 saturated carbocycles. The highest BCUT2D eigenvalue weighted by molar-refractivity contribution is 5.68. The van der Waals surface area contributed by atoms with Gasteiger partial charge in [0, 0.05) is 0 Å². The van der Waals surface area contributed by atoms with E-state index >= 15 is 0 Å². The Hall–Kier alpha value is -1.73. The number of aliphatic carboxylic acids is 1. The van der Waals surface area contributed by atoms with Gasteiger partial charge in [0.05, 0.1) is 12.3 Å². The van der Waals surface area contributed by atoms with E-state index in [4.69, 9.17) is 5.11 Å². The van der Waals surface area contributed by atoms with Gasteiger partial charge in [-0.1, -0.05) is 0 Å². The van der Waals surface area contributed by atoms with E-state index in [9.17, 15) is 31.1 Å². The highest BCUT2D eigenvalue weighted by Crippen LogP contribution is 2.38. The van der Waals surface area contributed by atoms with Crippen LogP contribution in [0.1, 0.15) is 17.9 Å². The molecule has 0 saturated heterocycles. The number of hydrogen-bond acceptors (Lipinski definition) is 1. The molecule has 1 aromatic rings. The predicted octanol–water partition coefficient (Wildman–Crippen LogP) is 3.22. The van der Waals surface area contributed by atoms with E-state index in [0.29, 0.717) is 0 Å². The minimum atomic E-state index is -5.00. The topological polar surface area (TPSA) is 37.3 Å². The maximum Gasteiger partial charge on any atom is 0.396 e. The van der Waals surface area contributed by atoms with Crippen LogP contribution in [0.4, 0.5) is 26.3 Å². The monoisotopic (exact) mass is 272 g/mol. The first-order valence-electron chi connectivity index (χ1n) is 4.56. The Morgan fingerprint density at radius 1 is 1.17 bits per heavy atom. The molecule has 1 rings (SSSR count). The van der Waals surface area contributed by atoms with E-state index in [1.54, 1.807) is 0 Å². The molecule has 1 aromatic carbocycles. The molecule has 0 radical (unpaired) electrons. The molecule has 0 spiro atoms. The van der Waals surface area contributed by atoms with Gasteiger partial charge in [-0.05, 0) is 17.7 Å². The lowest BCUT2D eigenvalue weighted by atomic mass is 9.95. The fourth-order valence-corrected chi connectivity index (χ4v) is 1.37. The minimum Gasteiger partial charge on any atom is -0.481 e. The van der Waals surface area contributed by atoms with Crippen molar-refractivity contribution in [1.82, 2.24) is 0 Å². The zero-order chi connectivity index (χ0) is 14.1. The van der Waals surface area contributed by atoms with Gasteiger partial charge in [0.25, 0.3) is 0 Å². The molecule has 0 aliphatic rings. The lowest BCUT2D eigenvalue weighted by Gasteiger charge is -2.19. The normalized spacial score (nSPS) is 13.4. The second kappa shape index (κ2) is 4.87. The third kappa shape index (κ3) is 3.14. The van der Waals surface area contributed by atoms with E-state index < -0.39 is 47.5 Å². The standard InChI is InChI=1S/C10H6F6O2/c11-6-1-4(2-7(12)9(6)13)5(3-8(17)18)10(14,15)16/h1-2,5H,3H2,(H,17,18). The SMILES string of the molecule is O=C(O)CC(c1cc(F)c(F)c(F)c1)C(F)(F)F. The van der Waals surface area contributed by atoms with Gasteiger partial charge in [0.15, 0.2) is 17.5 Å². The molecule has 100 valence electrons. The van der Waals surface area contributed by atoms with Crippen molar-refractivity contribution in [3.8, 4) is 0 Å². The summed E-state index contributed by atoms with van der Waals surface area (Å²) in [5.74, 6) is -9.90. The first kappa shape index (κ1) is 14.3. The lowest BCUT2D eigenvalue weighted by molar-refractivity contribution is -0.163. The molecular formula is C10H6F6O2. The van der Waals surface area contributed by atoms with Crippen molar-refractivity contribution in [2.24, 2.45) is 0 Å². The van der Waals surface area contributed by atoms with E-state index in [-0.39, 0.29) is 12.1 Å². The number of carboxylic acids is 1. The van der Waals surface area contributed by atoms with Gasteiger partial charge in [-0.3, -0.25) is 4.79 Å². The van der Waals surface area contributed by atoms with Crippen LogP contribution in [0.25, 0.3) is 0 Å². The van der Waals surface area contributed by atoms with E-state index in [1.165, 1.54) is 0 Å². The lowest BCUT2D eigenvalue weighted by Crippen LogP contribution is -2.24. The molecule has 8 heteroatoms. The van der Waals surface area contributed by atoms with Gasteiger partial charge < -0.3 is 5.11 Å². The van der Waals surface area contributed by atoms with Crippen molar-refractivity contribution in [2.45, 2.75) is 18.5 Å². The zero-order valence-corrected chi connectivity index (χ0v) is 8.56. The largest absolute Gasteiger partial charge is 0.481 e. The predicted molar refractivity (Wildman–Crippen MR) is 47.4 cm³/mol. The van der Waals surface area contributed by atoms with Gasteiger partial charge >= 0.3 is 12.1 Å². The number of carbonyl (C=O) groups is 1. The van der Waals surface area contributed by atoms with E-state index in [1.807, 2.05) is 0 Å². The summed E-state index contributed by atoms with van der Waals surface area (Å²) in [6, 6.07) is 0.277. The van der Waals surface area contributed by atoms with Crippen LogP contribution in [0.5, 0.6) is 0 Å². The molecule has 1 N–H and O–H groups in total. The van der Waals surface area contributed by atoms with Crippen LogP contribution in [-0.4, -0.2) is 17.3 Å². The Morgan fingerprint density at radius 2 is 1.61 bits per heavy atom. The molecule has 2 nitrogen and oxygen atoms in total. The van der Waals surface area contributed by atoms with Gasteiger partial charge in [-0.2, -0.15) is 13.2 Å². The van der Waals surface area contributed by atoms with Crippen LogP contribution < -0.4 is 0 Å². The number of rotatable bonds is 3. The van der Waals surface area contributed by atoms with Gasteiger partial charge in [0.1, 0.15) is 0 Å². The summed E-state index contributed by atoms with van der Waals surface area (Å²) < 4.78 is 75.8. The highest BCUT2D eigenvalue weighted by Gasteiger charge is 2.42. The molecule has 0 fully saturated rings. The summed E-state index contributed by atoms with van der Waals surface area (Å²) in [5, 5.41) is 8.34.